The van der Waals surface area contributed by atoms with Crippen molar-refractivity contribution in [2.24, 2.45) is 0 Å². The van der Waals surface area contributed by atoms with Crippen LogP contribution in [0.2, 0.25) is 0 Å². The lowest BCUT2D eigenvalue weighted by Gasteiger charge is -2.23. The molecule has 2 aliphatic heterocycles. The van der Waals surface area contributed by atoms with Crippen LogP contribution < -0.4 is 4.74 Å². The van der Waals surface area contributed by atoms with Gasteiger partial charge in [-0.1, -0.05) is 0 Å². The zero-order valence-electron chi connectivity index (χ0n) is 11.8. The van der Waals surface area contributed by atoms with Crippen molar-refractivity contribution < 1.29 is 28.6 Å². The van der Waals surface area contributed by atoms with Crippen LogP contribution in [0.25, 0.3) is 0 Å². The molecule has 1 aromatic carbocycles. The predicted molar refractivity (Wildman–Crippen MR) is 72.8 cm³/mol. The smallest absolute Gasteiger partial charge is 0.332 e. The molecule has 0 spiro atoms. The maximum absolute atomic E-state index is 13.3. The Kier molecular flexibility index (Phi) is 3.98. The molecule has 0 radical (unpaired) electrons. The third-order valence-electron chi connectivity index (χ3n) is 3.88. The second kappa shape index (κ2) is 5.92. The molecule has 2 atom stereocenters. The molecule has 2 aliphatic rings. The summed E-state index contributed by atoms with van der Waals surface area (Å²) in [5, 5.41) is 8.92. The van der Waals surface area contributed by atoms with E-state index in [1.165, 1.54) is 17.0 Å². The van der Waals surface area contributed by atoms with E-state index in [0.29, 0.717) is 37.3 Å². The lowest BCUT2D eigenvalue weighted by molar-refractivity contribution is -0.155. The summed E-state index contributed by atoms with van der Waals surface area (Å²) in [6.07, 6.45) is -0.983. The molecule has 0 saturated carbocycles. The average Bonchev–Trinajstić information content (AvgIpc) is 2.88. The van der Waals surface area contributed by atoms with Gasteiger partial charge >= 0.3 is 5.97 Å². The highest BCUT2D eigenvalue weighted by Crippen LogP contribution is 2.27. The van der Waals surface area contributed by atoms with Gasteiger partial charge in [0, 0.05) is 12.1 Å². The van der Waals surface area contributed by atoms with E-state index in [0.717, 1.165) is 0 Å². The summed E-state index contributed by atoms with van der Waals surface area (Å²) >= 11 is 0. The van der Waals surface area contributed by atoms with E-state index in [1.54, 1.807) is 6.07 Å². The lowest BCUT2D eigenvalue weighted by atomic mass is 10.1. The average molecular weight is 309 g/mol. The first-order valence-electron chi connectivity index (χ1n) is 7.13. The van der Waals surface area contributed by atoms with Gasteiger partial charge in [-0.15, -0.1) is 0 Å². The summed E-state index contributed by atoms with van der Waals surface area (Å²) in [6.45, 7) is 0.885. The Labute approximate surface area is 126 Å². The Balaban J connectivity index is 1.72. The quantitative estimate of drug-likeness (QED) is 0.888. The molecule has 22 heavy (non-hydrogen) atoms. The number of hydrogen-bond acceptors (Lipinski definition) is 4. The molecule has 6 nitrogen and oxygen atoms in total. The first-order chi connectivity index (χ1) is 10.5. The molecule has 0 bridgehead atoms. The van der Waals surface area contributed by atoms with Crippen LogP contribution in [0.15, 0.2) is 18.2 Å². The fourth-order valence-electron chi connectivity index (χ4n) is 2.76. The molecular formula is C15H16FNO5. The molecule has 7 heteroatoms. The Hall–Kier alpha value is -2.15. The van der Waals surface area contributed by atoms with E-state index in [4.69, 9.17) is 14.6 Å². The normalized spacial score (nSPS) is 24.3. The maximum atomic E-state index is 13.3. The summed E-state index contributed by atoms with van der Waals surface area (Å²) in [6, 6.07) is 4.20. The van der Waals surface area contributed by atoms with Gasteiger partial charge in [0.2, 0.25) is 0 Å². The van der Waals surface area contributed by atoms with Crippen LogP contribution in [0.5, 0.6) is 5.75 Å². The fraction of sp³-hybridized carbons (Fsp3) is 0.467. The van der Waals surface area contributed by atoms with E-state index in [-0.39, 0.29) is 18.3 Å². The van der Waals surface area contributed by atoms with Crippen LogP contribution in [0.3, 0.4) is 0 Å². The third kappa shape index (κ3) is 2.89. The van der Waals surface area contributed by atoms with E-state index in [2.05, 4.69) is 0 Å². The predicted octanol–water partition coefficient (Wildman–Crippen LogP) is 1.18. The molecule has 3 rings (SSSR count). The van der Waals surface area contributed by atoms with Crippen LogP contribution >= 0.6 is 0 Å². The molecule has 0 aliphatic carbocycles. The topological polar surface area (TPSA) is 76.1 Å². The summed E-state index contributed by atoms with van der Waals surface area (Å²) in [5.74, 6) is -1.15. The second-order valence-corrected chi connectivity index (χ2v) is 5.39. The highest BCUT2D eigenvalue weighted by molar-refractivity contribution is 5.83. The first-order valence-corrected chi connectivity index (χ1v) is 7.13. The number of carboxylic acids is 1. The highest BCUT2D eigenvalue weighted by Gasteiger charge is 2.37. The Morgan fingerprint density at radius 2 is 2.05 bits per heavy atom. The number of aliphatic carboxylic acids is 1. The van der Waals surface area contributed by atoms with Crippen molar-refractivity contribution >= 4 is 11.9 Å². The summed E-state index contributed by atoms with van der Waals surface area (Å²) in [4.78, 5) is 24.9. The van der Waals surface area contributed by atoms with E-state index in [1.807, 2.05) is 0 Å². The molecule has 1 fully saturated rings. The standard InChI is InChI=1S/C15H16FNO5/c16-10-1-2-11-9(7-10)8-17(5-6-21-11)14(18)12-3-4-13(22-12)15(19)20/h1-2,7,12-13H,3-6,8H2,(H,19,20)/t12-,13+/m0/s1. The highest BCUT2D eigenvalue weighted by atomic mass is 19.1. The number of carboxylic acid groups (broad SMARTS) is 1. The molecule has 1 amide bonds. The fourth-order valence-corrected chi connectivity index (χ4v) is 2.76. The minimum atomic E-state index is -1.05. The number of nitrogens with zero attached hydrogens (tertiary/aromatic N) is 1. The lowest BCUT2D eigenvalue weighted by Crippen LogP contribution is -2.40. The van der Waals surface area contributed by atoms with Gasteiger partial charge in [-0.25, -0.2) is 9.18 Å². The van der Waals surface area contributed by atoms with Crippen LogP contribution in [-0.2, 0) is 20.9 Å². The van der Waals surface area contributed by atoms with Gasteiger partial charge in [0.05, 0.1) is 6.54 Å². The number of carbonyl (C=O) groups excluding carboxylic acids is 1. The van der Waals surface area contributed by atoms with Crippen molar-refractivity contribution in [2.75, 3.05) is 13.2 Å². The number of rotatable bonds is 2. The van der Waals surface area contributed by atoms with Crippen molar-refractivity contribution in [3.8, 4) is 5.75 Å². The van der Waals surface area contributed by atoms with Gasteiger partial charge in [-0.05, 0) is 31.0 Å². The van der Waals surface area contributed by atoms with E-state index >= 15 is 0 Å². The Morgan fingerprint density at radius 3 is 2.77 bits per heavy atom. The van der Waals surface area contributed by atoms with Crippen LogP contribution in [0.1, 0.15) is 18.4 Å². The van der Waals surface area contributed by atoms with Crippen molar-refractivity contribution in [3.63, 3.8) is 0 Å². The minimum absolute atomic E-state index is 0.226. The summed E-state index contributed by atoms with van der Waals surface area (Å²) < 4.78 is 24.1. The van der Waals surface area contributed by atoms with Gasteiger partial charge in [-0.3, -0.25) is 4.79 Å². The van der Waals surface area contributed by atoms with Gasteiger partial charge in [0.1, 0.15) is 24.3 Å². The number of halogens is 1. The maximum Gasteiger partial charge on any atom is 0.332 e. The largest absolute Gasteiger partial charge is 0.491 e. The summed E-state index contributed by atoms with van der Waals surface area (Å²) in [7, 11) is 0. The Morgan fingerprint density at radius 1 is 1.27 bits per heavy atom. The molecule has 118 valence electrons. The number of hydrogen-bond donors (Lipinski definition) is 1. The van der Waals surface area contributed by atoms with Crippen molar-refractivity contribution in [1.82, 2.24) is 4.90 Å². The first kappa shape index (κ1) is 14.8. The number of carbonyl (C=O) groups is 2. The molecule has 1 aromatic rings. The summed E-state index contributed by atoms with van der Waals surface area (Å²) in [5.41, 5.74) is 0.596. The van der Waals surface area contributed by atoms with Gasteiger partial charge < -0.3 is 19.5 Å². The van der Waals surface area contributed by atoms with Crippen LogP contribution in [-0.4, -0.2) is 47.2 Å². The molecule has 1 saturated heterocycles. The number of benzene rings is 1. The third-order valence-corrected chi connectivity index (χ3v) is 3.88. The minimum Gasteiger partial charge on any atom is -0.491 e. The second-order valence-electron chi connectivity index (χ2n) is 5.39. The van der Waals surface area contributed by atoms with Gasteiger partial charge in [-0.2, -0.15) is 0 Å². The zero-order valence-corrected chi connectivity index (χ0v) is 11.8. The molecule has 1 N–H and O–H groups in total. The molecule has 0 aromatic heterocycles. The molecule has 0 unspecified atom stereocenters. The molecular weight excluding hydrogens is 293 g/mol. The Bertz CT molecular complexity index is 606. The van der Waals surface area contributed by atoms with Crippen molar-refractivity contribution in [1.29, 1.82) is 0 Å². The number of fused-ring (bicyclic) bond motifs is 1. The van der Waals surface area contributed by atoms with Gasteiger partial charge in [0.15, 0.2) is 6.10 Å². The van der Waals surface area contributed by atoms with Crippen molar-refractivity contribution in [2.45, 2.75) is 31.6 Å². The number of amides is 1. The number of ether oxygens (including phenoxy) is 2. The van der Waals surface area contributed by atoms with Crippen LogP contribution in [0, 0.1) is 5.82 Å². The van der Waals surface area contributed by atoms with Gasteiger partial charge in [0.25, 0.3) is 5.91 Å². The van der Waals surface area contributed by atoms with Crippen LogP contribution in [0.4, 0.5) is 4.39 Å². The monoisotopic (exact) mass is 309 g/mol. The van der Waals surface area contributed by atoms with Crippen molar-refractivity contribution in [3.05, 3.63) is 29.6 Å². The SMILES string of the molecule is O=C(O)[C@H]1CC[C@@H](C(=O)N2CCOc3ccc(F)cc3C2)O1. The molecule has 2 heterocycles. The zero-order chi connectivity index (χ0) is 15.7. The van der Waals surface area contributed by atoms with E-state index < -0.39 is 18.2 Å². The van der Waals surface area contributed by atoms with E-state index in [9.17, 15) is 14.0 Å².